The summed E-state index contributed by atoms with van der Waals surface area (Å²) in [5.41, 5.74) is -0.478. The molecular formula is C12H24O3. The summed E-state index contributed by atoms with van der Waals surface area (Å²) < 4.78 is 10.4. The molecule has 0 bridgehead atoms. The van der Waals surface area contributed by atoms with E-state index in [2.05, 4.69) is 0 Å². The zero-order chi connectivity index (χ0) is 12.2. The second-order valence-electron chi connectivity index (χ2n) is 5.18. The van der Waals surface area contributed by atoms with Crippen molar-refractivity contribution in [1.29, 1.82) is 0 Å². The topological polar surface area (TPSA) is 35.5 Å². The summed E-state index contributed by atoms with van der Waals surface area (Å²) in [5.74, 6) is 0.569. The maximum atomic E-state index is 11.4. The lowest BCUT2D eigenvalue weighted by atomic mass is 9.95. The van der Waals surface area contributed by atoms with Crippen molar-refractivity contribution >= 4 is 6.16 Å². The van der Waals surface area contributed by atoms with Crippen LogP contribution in [0.1, 0.15) is 48.5 Å². The standard InChI is InChI=1S/C12H24O3/c1-8(2)10(5)14-11(13)15-12(6,7)9(3)4/h8-10H,1-7H3. The van der Waals surface area contributed by atoms with Gasteiger partial charge in [0.05, 0.1) is 0 Å². The lowest BCUT2D eigenvalue weighted by Crippen LogP contribution is -2.35. The molecule has 0 rings (SSSR count). The van der Waals surface area contributed by atoms with Gasteiger partial charge >= 0.3 is 6.16 Å². The Morgan fingerprint density at radius 1 is 1.07 bits per heavy atom. The fourth-order valence-corrected chi connectivity index (χ4v) is 0.645. The van der Waals surface area contributed by atoms with Crippen LogP contribution in [0.25, 0.3) is 0 Å². The fourth-order valence-electron chi connectivity index (χ4n) is 0.645. The minimum Gasteiger partial charge on any atom is -0.431 e. The third-order valence-corrected chi connectivity index (χ3v) is 2.96. The zero-order valence-electron chi connectivity index (χ0n) is 11.0. The third-order valence-electron chi connectivity index (χ3n) is 2.96. The number of rotatable bonds is 4. The van der Waals surface area contributed by atoms with Gasteiger partial charge in [-0.1, -0.05) is 27.7 Å². The first-order valence-electron chi connectivity index (χ1n) is 5.56. The number of carbonyl (C=O) groups is 1. The van der Waals surface area contributed by atoms with E-state index in [9.17, 15) is 4.79 Å². The van der Waals surface area contributed by atoms with E-state index in [0.717, 1.165) is 0 Å². The Morgan fingerprint density at radius 3 is 1.87 bits per heavy atom. The minimum absolute atomic E-state index is 0.111. The highest BCUT2D eigenvalue weighted by atomic mass is 16.7. The van der Waals surface area contributed by atoms with Crippen LogP contribution in [-0.2, 0) is 9.47 Å². The Balaban J connectivity index is 4.15. The Labute approximate surface area is 93.1 Å². The molecule has 0 aliphatic rings. The molecule has 0 N–H and O–H groups in total. The van der Waals surface area contributed by atoms with Crippen LogP contribution in [0.4, 0.5) is 4.79 Å². The van der Waals surface area contributed by atoms with Gasteiger partial charge in [-0.3, -0.25) is 0 Å². The molecule has 0 aromatic heterocycles. The SMILES string of the molecule is CC(C)C(C)OC(=O)OC(C)(C)C(C)C. The van der Waals surface area contributed by atoms with Crippen LogP contribution in [0.15, 0.2) is 0 Å². The van der Waals surface area contributed by atoms with Gasteiger partial charge in [-0.15, -0.1) is 0 Å². The van der Waals surface area contributed by atoms with Crippen molar-refractivity contribution in [3.05, 3.63) is 0 Å². The minimum atomic E-state index is -0.574. The smallest absolute Gasteiger partial charge is 0.431 e. The molecule has 0 spiro atoms. The van der Waals surface area contributed by atoms with E-state index >= 15 is 0 Å². The number of carbonyl (C=O) groups excluding carboxylic acids is 1. The Bertz CT molecular complexity index is 207. The molecule has 0 aliphatic carbocycles. The van der Waals surface area contributed by atoms with Crippen LogP contribution < -0.4 is 0 Å². The van der Waals surface area contributed by atoms with Crippen LogP contribution in [0.2, 0.25) is 0 Å². The second kappa shape index (κ2) is 5.38. The van der Waals surface area contributed by atoms with E-state index < -0.39 is 11.8 Å². The molecule has 1 unspecified atom stereocenters. The average Bonchev–Trinajstić information content (AvgIpc) is 2.01. The summed E-state index contributed by atoms with van der Waals surface area (Å²) in [6.45, 7) is 13.7. The average molecular weight is 216 g/mol. The van der Waals surface area contributed by atoms with Gasteiger partial charge in [-0.2, -0.15) is 0 Å². The van der Waals surface area contributed by atoms with Crippen LogP contribution in [0.3, 0.4) is 0 Å². The van der Waals surface area contributed by atoms with Crippen molar-refractivity contribution in [2.24, 2.45) is 11.8 Å². The van der Waals surface area contributed by atoms with Crippen molar-refractivity contribution in [3.8, 4) is 0 Å². The van der Waals surface area contributed by atoms with Crippen LogP contribution >= 0.6 is 0 Å². The molecule has 0 heterocycles. The van der Waals surface area contributed by atoms with E-state index in [1.165, 1.54) is 0 Å². The molecule has 3 nitrogen and oxygen atoms in total. The molecule has 90 valence electrons. The Morgan fingerprint density at radius 2 is 1.53 bits per heavy atom. The van der Waals surface area contributed by atoms with Gasteiger partial charge in [0.2, 0.25) is 0 Å². The molecule has 0 fully saturated rings. The van der Waals surface area contributed by atoms with Gasteiger partial charge in [0.25, 0.3) is 0 Å². The highest BCUT2D eigenvalue weighted by Gasteiger charge is 2.28. The van der Waals surface area contributed by atoms with Crippen molar-refractivity contribution in [2.75, 3.05) is 0 Å². The fraction of sp³-hybridized carbons (Fsp3) is 0.917. The van der Waals surface area contributed by atoms with E-state index in [1.807, 2.05) is 48.5 Å². The van der Waals surface area contributed by atoms with Crippen LogP contribution in [0.5, 0.6) is 0 Å². The predicted molar refractivity (Wildman–Crippen MR) is 60.8 cm³/mol. The molecule has 0 radical (unpaired) electrons. The summed E-state index contributed by atoms with van der Waals surface area (Å²) in [4.78, 5) is 11.4. The first-order valence-corrected chi connectivity index (χ1v) is 5.56. The van der Waals surface area contributed by atoms with Crippen molar-refractivity contribution in [3.63, 3.8) is 0 Å². The third kappa shape index (κ3) is 5.05. The number of hydrogen-bond donors (Lipinski definition) is 0. The molecule has 0 aromatic carbocycles. The first-order chi connectivity index (χ1) is 6.66. The molecule has 1 atom stereocenters. The van der Waals surface area contributed by atoms with Crippen LogP contribution in [0, 0.1) is 11.8 Å². The van der Waals surface area contributed by atoms with E-state index in [-0.39, 0.29) is 12.0 Å². The molecule has 0 aliphatic heterocycles. The zero-order valence-corrected chi connectivity index (χ0v) is 11.0. The summed E-state index contributed by atoms with van der Waals surface area (Å²) >= 11 is 0. The molecule has 3 heteroatoms. The van der Waals surface area contributed by atoms with Gasteiger partial charge in [0, 0.05) is 0 Å². The highest BCUT2D eigenvalue weighted by Crippen LogP contribution is 2.21. The molecule has 0 aromatic rings. The van der Waals surface area contributed by atoms with Gasteiger partial charge in [0.15, 0.2) is 0 Å². The maximum Gasteiger partial charge on any atom is 0.509 e. The molecule has 0 saturated carbocycles. The van der Waals surface area contributed by atoms with Crippen molar-refractivity contribution in [2.45, 2.75) is 60.2 Å². The second-order valence-corrected chi connectivity index (χ2v) is 5.18. The monoisotopic (exact) mass is 216 g/mol. The van der Waals surface area contributed by atoms with Gasteiger partial charge in [-0.25, -0.2) is 4.79 Å². The van der Waals surface area contributed by atoms with Crippen molar-refractivity contribution in [1.82, 2.24) is 0 Å². The van der Waals surface area contributed by atoms with Crippen LogP contribution in [-0.4, -0.2) is 17.9 Å². The Hall–Kier alpha value is -0.730. The van der Waals surface area contributed by atoms with Crippen molar-refractivity contribution < 1.29 is 14.3 Å². The normalized spacial score (nSPS) is 14.2. The largest absolute Gasteiger partial charge is 0.509 e. The maximum absolute atomic E-state index is 11.4. The predicted octanol–water partition coefficient (Wildman–Crippen LogP) is 3.62. The van der Waals surface area contributed by atoms with Gasteiger partial charge < -0.3 is 9.47 Å². The number of ether oxygens (including phenoxy) is 2. The number of hydrogen-bond acceptors (Lipinski definition) is 3. The van der Waals surface area contributed by atoms with E-state index in [4.69, 9.17) is 9.47 Å². The summed E-state index contributed by atoms with van der Waals surface area (Å²) in [6, 6.07) is 0. The van der Waals surface area contributed by atoms with Gasteiger partial charge in [-0.05, 0) is 32.6 Å². The molecule has 0 saturated heterocycles. The molecule has 0 amide bonds. The molecule has 15 heavy (non-hydrogen) atoms. The van der Waals surface area contributed by atoms with E-state index in [1.54, 1.807) is 0 Å². The Kier molecular flexibility index (Phi) is 5.12. The lowest BCUT2D eigenvalue weighted by Gasteiger charge is -2.29. The summed E-state index contributed by atoms with van der Waals surface area (Å²) in [5, 5.41) is 0. The molecular weight excluding hydrogens is 192 g/mol. The first kappa shape index (κ1) is 14.3. The summed E-state index contributed by atoms with van der Waals surface area (Å²) in [7, 11) is 0. The lowest BCUT2D eigenvalue weighted by molar-refractivity contribution is -0.0571. The quantitative estimate of drug-likeness (QED) is 0.673. The highest BCUT2D eigenvalue weighted by molar-refractivity contribution is 5.60. The summed E-state index contributed by atoms with van der Waals surface area (Å²) in [6.07, 6.45) is -0.685. The van der Waals surface area contributed by atoms with E-state index in [0.29, 0.717) is 5.92 Å². The van der Waals surface area contributed by atoms with Gasteiger partial charge in [0.1, 0.15) is 11.7 Å².